The molecule has 0 atom stereocenters. The van der Waals surface area contributed by atoms with Crippen LogP contribution in [-0.2, 0) is 10.0 Å². The Kier molecular flexibility index (Phi) is 4.18. The second kappa shape index (κ2) is 5.73. The fourth-order valence-corrected chi connectivity index (χ4v) is 3.33. The normalized spacial score (nSPS) is 11.2. The molecule has 0 aromatic heterocycles. The molecule has 21 heavy (non-hydrogen) atoms. The Morgan fingerprint density at radius 2 is 1.67 bits per heavy atom. The average Bonchev–Trinajstić information content (AvgIpc) is 2.36. The lowest BCUT2D eigenvalue weighted by Gasteiger charge is -2.12. The third kappa shape index (κ3) is 3.52. The Hall–Kier alpha value is -2.08. The predicted octanol–water partition coefficient (Wildman–Crippen LogP) is 3.25. The van der Waals surface area contributed by atoms with Crippen molar-refractivity contribution in [3.63, 3.8) is 0 Å². The zero-order valence-corrected chi connectivity index (χ0v) is 12.8. The monoisotopic (exact) mass is 309 g/mol. The highest BCUT2D eigenvalue weighted by Crippen LogP contribution is 2.27. The van der Waals surface area contributed by atoms with Crippen LogP contribution in [0.3, 0.4) is 0 Å². The highest BCUT2D eigenvalue weighted by atomic mass is 32.2. The van der Waals surface area contributed by atoms with E-state index >= 15 is 0 Å². The molecule has 2 aromatic rings. The molecular weight excluding hydrogens is 293 g/mol. The second-order valence-electron chi connectivity index (χ2n) is 4.78. The first-order valence-corrected chi connectivity index (χ1v) is 7.75. The second-order valence-corrected chi connectivity index (χ2v) is 6.43. The van der Waals surface area contributed by atoms with Crippen molar-refractivity contribution in [1.82, 2.24) is 0 Å². The molecule has 0 aliphatic heterocycles. The van der Waals surface area contributed by atoms with Crippen molar-refractivity contribution in [2.45, 2.75) is 18.7 Å². The van der Waals surface area contributed by atoms with Crippen LogP contribution in [0, 0.1) is 19.7 Å². The van der Waals surface area contributed by atoms with Crippen LogP contribution in [0.5, 0.6) is 5.75 Å². The molecule has 6 heteroatoms. The molecule has 0 saturated heterocycles. The summed E-state index contributed by atoms with van der Waals surface area (Å²) in [7, 11) is -2.59. The largest absolute Gasteiger partial charge is 0.495 e. The lowest BCUT2D eigenvalue weighted by atomic mass is 10.1. The number of hydrogen-bond acceptors (Lipinski definition) is 3. The van der Waals surface area contributed by atoms with Gasteiger partial charge in [-0.1, -0.05) is 6.07 Å². The lowest BCUT2D eigenvalue weighted by Crippen LogP contribution is -2.14. The zero-order chi connectivity index (χ0) is 15.6. The summed E-state index contributed by atoms with van der Waals surface area (Å²) in [4.78, 5) is -0.232. The van der Waals surface area contributed by atoms with Gasteiger partial charge in [0.1, 0.15) is 16.5 Å². The van der Waals surface area contributed by atoms with Crippen molar-refractivity contribution in [3.8, 4) is 5.75 Å². The number of hydrogen-bond donors (Lipinski definition) is 1. The van der Waals surface area contributed by atoms with Crippen molar-refractivity contribution >= 4 is 15.7 Å². The van der Waals surface area contributed by atoms with Gasteiger partial charge in [0.2, 0.25) is 0 Å². The number of aryl methyl sites for hydroxylation is 2. The van der Waals surface area contributed by atoms with E-state index < -0.39 is 15.8 Å². The van der Waals surface area contributed by atoms with E-state index in [1.165, 1.54) is 13.2 Å². The maximum absolute atomic E-state index is 13.3. The third-order valence-corrected chi connectivity index (χ3v) is 4.29. The van der Waals surface area contributed by atoms with Crippen LogP contribution in [0.25, 0.3) is 0 Å². The zero-order valence-electron chi connectivity index (χ0n) is 12.0. The smallest absolute Gasteiger partial charge is 0.265 e. The molecule has 0 bridgehead atoms. The topological polar surface area (TPSA) is 55.4 Å². The van der Waals surface area contributed by atoms with Gasteiger partial charge in [0.05, 0.1) is 7.11 Å². The maximum Gasteiger partial charge on any atom is 0.265 e. The minimum absolute atomic E-state index is 0.0910. The SMILES string of the molecule is COc1ccc(F)cc1S(=O)(=O)Nc1cc(C)cc(C)c1. The first-order valence-electron chi connectivity index (χ1n) is 6.26. The molecule has 0 fully saturated rings. The van der Waals surface area contributed by atoms with Crippen LogP contribution in [0.1, 0.15) is 11.1 Å². The van der Waals surface area contributed by atoms with E-state index in [1.54, 1.807) is 12.1 Å². The molecule has 0 unspecified atom stereocenters. The predicted molar refractivity (Wildman–Crippen MR) is 79.7 cm³/mol. The number of benzene rings is 2. The van der Waals surface area contributed by atoms with Crippen LogP contribution >= 0.6 is 0 Å². The summed E-state index contributed by atoms with van der Waals surface area (Å²) >= 11 is 0. The van der Waals surface area contributed by atoms with Gasteiger partial charge in [0.15, 0.2) is 0 Å². The number of nitrogens with one attached hydrogen (secondary N) is 1. The molecule has 0 aliphatic rings. The standard InChI is InChI=1S/C15H16FNO3S/c1-10-6-11(2)8-13(7-10)17-21(18,19)15-9-12(16)4-5-14(15)20-3/h4-9,17H,1-3H3. The first-order chi connectivity index (χ1) is 9.81. The average molecular weight is 309 g/mol. The molecule has 0 heterocycles. The van der Waals surface area contributed by atoms with Crippen LogP contribution in [-0.4, -0.2) is 15.5 Å². The van der Waals surface area contributed by atoms with Crippen molar-refractivity contribution in [2.24, 2.45) is 0 Å². The molecule has 0 radical (unpaired) electrons. The van der Waals surface area contributed by atoms with Crippen molar-refractivity contribution < 1.29 is 17.5 Å². The Morgan fingerprint density at radius 3 is 2.24 bits per heavy atom. The van der Waals surface area contributed by atoms with E-state index in [1.807, 2.05) is 19.9 Å². The highest BCUT2D eigenvalue weighted by molar-refractivity contribution is 7.92. The molecule has 1 N–H and O–H groups in total. The molecule has 2 aromatic carbocycles. The maximum atomic E-state index is 13.3. The van der Waals surface area contributed by atoms with Crippen molar-refractivity contribution in [1.29, 1.82) is 0 Å². The number of sulfonamides is 1. The van der Waals surface area contributed by atoms with Crippen LogP contribution < -0.4 is 9.46 Å². The molecular formula is C15H16FNO3S. The molecule has 2 rings (SSSR count). The van der Waals surface area contributed by atoms with E-state index in [4.69, 9.17) is 4.74 Å². The fourth-order valence-electron chi connectivity index (χ4n) is 2.10. The van der Waals surface area contributed by atoms with Gasteiger partial charge in [-0.25, -0.2) is 12.8 Å². The molecule has 0 saturated carbocycles. The molecule has 0 amide bonds. The van der Waals surface area contributed by atoms with Gasteiger partial charge in [-0.3, -0.25) is 4.72 Å². The van der Waals surface area contributed by atoms with Crippen LogP contribution in [0.4, 0.5) is 10.1 Å². The Morgan fingerprint density at radius 1 is 1.05 bits per heavy atom. The van der Waals surface area contributed by atoms with Gasteiger partial charge in [0, 0.05) is 5.69 Å². The van der Waals surface area contributed by atoms with E-state index in [0.717, 1.165) is 23.3 Å². The van der Waals surface area contributed by atoms with Gasteiger partial charge in [-0.2, -0.15) is 0 Å². The Balaban J connectivity index is 2.45. The van der Waals surface area contributed by atoms with E-state index in [0.29, 0.717) is 5.69 Å². The van der Waals surface area contributed by atoms with Gasteiger partial charge in [0.25, 0.3) is 10.0 Å². The van der Waals surface area contributed by atoms with Gasteiger partial charge >= 0.3 is 0 Å². The highest BCUT2D eigenvalue weighted by Gasteiger charge is 2.20. The van der Waals surface area contributed by atoms with Gasteiger partial charge in [-0.15, -0.1) is 0 Å². The summed E-state index contributed by atoms with van der Waals surface area (Å²) in [6.45, 7) is 3.74. The first kappa shape index (κ1) is 15.3. The summed E-state index contributed by atoms with van der Waals surface area (Å²) in [6, 6.07) is 8.71. The quantitative estimate of drug-likeness (QED) is 0.943. The van der Waals surface area contributed by atoms with E-state index in [2.05, 4.69) is 4.72 Å². The number of halogens is 1. The van der Waals surface area contributed by atoms with Gasteiger partial charge in [-0.05, 0) is 55.3 Å². The van der Waals surface area contributed by atoms with Crippen molar-refractivity contribution in [2.75, 3.05) is 11.8 Å². The molecule has 0 aliphatic carbocycles. The van der Waals surface area contributed by atoms with E-state index in [-0.39, 0.29) is 10.6 Å². The van der Waals surface area contributed by atoms with E-state index in [9.17, 15) is 12.8 Å². The summed E-state index contributed by atoms with van der Waals surface area (Å²) in [5.41, 5.74) is 2.29. The number of rotatable bonds is 4. The van der Waals surface area contributed by atoms with Crippen LogP contribution in [0.15, 0.2) is 41.3 Å². The number of anilines is 1. The van der Waals surface area contributed by atoms with Crippen LogP contribution in [0.2, 0.25) is 0 Å². The molecule has 4 nitrogen and oxygen atoms in total. The minimum atomic E-state index is -3.93. The summed E-state index contributed by atoms with van der Waals surface area (Å²) in [5, 5.41) is 0. The fraction of sp³-hybridized carbons (Fsp3) is 0.200. The van der Waals surface area contributed by atoms with Gasteiger partial charge < -0.3 is 4.74 Å². The Labute approximate surface area is 123 Å². The molecule has 112 valence electrons. The summed E-state index contributed by atoms with van der Waals surface area (Å²) < 4.78 is 45.6. The minimum Gasteiger partial charge on any atom is -0.495 e. The lowest BCUT2D eigenvalue weighted by molar-refractivity contribution is 0.401. The Bertz CT molecular complexity index is 752. The number of methoxy groups -OCH3 is 1. The summed E-state index contributed by atoms with van der Waals surface area (Å²) in [5.74, 6) is -0.551. The van der Waals surface area contributed by atoms with Crippen molar-refractivity contribution in [3.05, 3.63) is 53.3 Å². The number of ether oxygens (including phenoxy) is 1. The molecule has 0 spiro atoms. The summed E-state index contributed by atoms with van der Waals surface area (Å²) in [6.07, 6.45) is 0. The third-order valence-electron chi connectivity index (χ3n) is 2.89.